The highest BCUT2D eigenvalue weighted by Gasteiger charge is 2.19. The number of aromatic nitrogens is 1. The monoisotopic (exact) mass is 332 g/mol. The number of thiocarbonyl (C=S) groups is 1. The standard InChI is InChI=1S/C18H28N4S/c1-14-7-5-6-12-22(14)17-11-10-16(13-19-17)21-18(23)20-15-8-3-2-4-9-15/h10-11,13-15H,2-9,12H2,1H3,(H2,20,21,23)/t14-/m1/s1. The van der Waals surface area contributed by atoms with Crippen LogP contribution in [0.1, 0.15) is 58.3 Å². The Kier molecular flexibility index (Phi) is 5.70. The summed E-state index contributed by atoms with van der Waals surface area (Å²) in [5, 5.41) is 7.42. The summed E-state index contributed by atoms with van der Waals surface area (Å²) in [5.41, 5.74) is 0.965. The zero-order chi connectivity index (χ0) is 16.1. The first kappa shape index (κ1) is 16.5. The van der Waals surface area contributed by atoms with Crippen LogP contribution in [0.25, 0.3) is 0 Å². The lowest BCUT2D eigenvalue weighted by Crippen LogP contribution is -2.39. The lowest BCUT2D eigenvalue weighted by atomic mass is 9.96. The molecule has 2 N–H and O–H groups in total. The largest absolute Gasteiger partial charge is 0.360 e. The number of rotatable bonds is 3. The number of hydrogen-bond donors (Lipinski definition) is 2. The van der Waals surface area contributed by atoms with Gasteiger partial charge in [0.2, 0.25) is 0 Å². The van der Waals surface area contributed by atoms with Crippen LogP contribution in [0.2, 0.25) is 0 Å². The summed E-state index contributed by atoms with van der Waals surface area (Å²) in [6.07, 6.45) is 12.2. The molecule has 2 fully saturated rings. The van der Waals surface area contributed by atoms with Gasteiger partial charge in [-0.25, -0.2) is 4.98 Å². The molecular weight excluding hydrogens is 304 g/mol. The lowest BCUT2D eigenvalue weighted by molar-refractivity contribution is 0.415. The van der Waals surface area contributed by atoms with E-state index in [1.807, 2.05) is 6.20 Å². The van der Waals surface area contributed by atoms with Gasteiger partial charge in [-0.2, -0.15) is 0 Å². The van der Waals surface area contributed by atoms with Gasteiger partial charge in [0.1, 0.15) is 5.82 Å². The average Bonchev–Trinajstić information content (AvgIpc) is 2.57. The minimum absolute atomic E-state index is 0.533. The van der Waals surface area contributed by atoms with Gasteiger partial charge in [0.05, 0.1) is 11.9 Å². The lowest BCUT2D eigenvalue weighted by Gasteiger charge is -2.34. The highest BCUT2D eigenvalue weighted by Crippen LogP contribution is 2.23. The van der Waals surface area contributed by atoms with Crippen molar-refractivity contribution in [1.29, 1.82) is 0 Å². The van der Waals surface area contributed by atoms with E-state index in [0.29, 0.717) is 12.1 Å². The van der Waals surface area contributed by atoms with Gasteiger partial charge in [0.15, 0.2) is 5.11 Å². The van der Waals surface area contributed by atoms with Crippen LogP contribution in [0, 0.1) is 0 Å². The number of piperidine rings is 1. The summed E-state index contributed by atoms with van der Waals surface area (Å²) >= 11 is 5.43. The molecular formula is C18H28N4S. The van der Waals surface area contributed by atoms with Crippen LogP contribution in [0.3, 0.4) is 0 Å². The van der Waals surface area contributed by atoms with Crippen molar-refractivity contribution in [3.05, 3.63) is 18.3 Å². The highest BCUT2D eigenvalue weighted by molar-refractivity contribution is 7.80. The van der Waals surface area contributed by atoms with Crippen LogP contribution in [0.4, 0.5) is 11.5 Å². The normalized spacial score (nSPS) is 22.7. The third-order valence-electron chi connectivity index (χ3n) is 5.04. The third kappa shape index (κ3) is 4.56. The smallest absolute Gasteiger partial charge is 0.171 e. The molecule has 1 atom stereocenters. The predicted molar refractivity (Wildman–Crippen MR) is 101 cm³/mol. The summed E-state index contributed by atoms with van der Waals surface area (Å²) in [6, 6.07) is 5.31. The van der Waals surface area contributed by atoms with E-state index in [-0.39, 0.29) is 0 Å². The van der Waals surface area contributed by atoms with Crippen LogP contribution >= 0.6 is 12.2 Å². The second-order valence-electron chi connectivity index (χ2n) is 6.88. The molecule has 0 bridgehead atoms. The first-order chi connectivity index (χ1) is 11.2. The Bertz CT molecular complexity index is 510. The van der Waals surface area contributed by atoms with E-state index in [2.05, 4.69) is 39.6 Å². The van der Waals surface area contributed by atoms with E-state index in [9.17, 15) is 0 Å². The Hall–Kier alpha value is -1.36. The maximum atomic E-state index is 5.43. The molecule has 5 heteroatoms. The van der Waals surface area contributed by atoms with Crippen molar-refractivity contribution in [3.8, 4) is 0 Å². The van der Waals surface area contributed by atoms with Gasteiger partial charge in [-0.05, 0) is 63.4 Å². The maximum Gasteiger partial charge on any atom is 0.171 e. The van der Waals surface area contributed by atoms with Gasteiger partial charge in [0.25, 0.3) is 0 Å². The molecule has 2 aliphatic rings. The number of pyridine rings is 1. The Labute approximate surface area is 145 Å². The molecule has 1 aliphatic heterocycles. The fraction of sp³-hybridized carbons (Fsp3) is 0.667. The molecule has 1 saturated heterocycles. The summed E-state index contributed by atoms with van der Waals surface area (Å²) in [5.74, 6) is 1.08. The Morgan fingerprint density at radius 1 is 1.13 bits per heavy atom. The Morgan fingerprint density at radius 2 is 1.91 bits per heavy atom. The van der Waals surface area contributed by atoms with Crippen LogP contribution in [-0.4, -0.2) is 28.7 Å². The Balaban J connectivity index is 1.53. The zero-order valence-corrected chi connectivity index (χ0v) is 14.9. The van der Waals surface area contributed by atoms with Crippen molar-refractivity contribution in [1.82, 2.24) is 10.3 Å². The number of nitrogens with zero attached hydrogens (tertiary/aromatic N) is 2. The maximum absolute atomic E-state index is 5.43. The zero-order valence-electron chi connectivity index (χ0n) is 14.1. The van der Waals surface area contributed by atoms with Gasteiger partial charge >= 0.3 is 0 Å². The summed E-state index contributed by atoms with van der Waals surface area (Å²) in [6.45, 7) is 3.40. The van der Waals surface area contributed by atoms with Crippen molar-refractivity contribution in [2.24, 2.45) is 0 Å². The van der Waals surface area contributed by atoms with Crippen molar-refractivity contribution < 1.29 is 0 Å². The van der Waals surface area contributed by atoms with Crippen molar-refractivity contribution in [3.63, 3.8) is 0 Å². The van der Waals surface area contributed by atoms with Gasteiger partial charge in [-0.1, -0.05) is 19.3 Å². The third-order valence-corrected chi connectivity index (χ3v) is 5.26. The molecule has 4 nitrogen and oxygen atoms in total. The molecule has 0 radical (unpaired) electrons. The van der Waals surface area contributed by atoms with Crippen molar-refractivity contribution in [2.75, 3.05) is 16.8 Å². The predicted octanol–water partition coefficient (Wildman–Crippen LogP) is 4.08. The van der Waals surface area contributed by atoms with E-state index in [0.717, 1.165) is 23.2 Å². The summed E-state index contributed by atoms with van der Waals surface area (Å²) in [7, 11) is 0. The van der Waals surface area contributed by atoms with E-state index >= 15 is 0 Å². The first-order valence-corrected chi connectivity index (χ1v) is 9.43. The number of hydrogen-bond acceptors (Lipinski definition) is 3. The first-order valence-electron chi connectivity index (χ1n) is 9.02. The highest BCUT2D eigenvalue weighted by atomic mass is 32.1. The van der Waals surface area contributed by atoms with E-state index < -0.39 is 0 Å². The molecule has 3 rings (SSSR count). The molecule has 1 aromatic heterocycles. The molecule has 23 heavy (non-hydrogen) atoms. The van der Waals surface area contributed by atoms with E-state index in [1.165, 1.54) is 51.4 Å². The molecule has 1 saturated carbocycles. The topological polar surface area (TPSA) is 40.2 Å². The van der Waals surface area contributed by atoms with Crippen LogP contribution in [0.5, 0.6) is 0 Å². The van der Waals surface area contributed by atoms with Gasteiger partial charge in [0, 0.05) is 18.6 Å². The quantitative estimate of drug-likeness (QED) is 0.816. The molecule has 0 amide bonds. The molecule has 0 unspecified atom stereocenters. The summed E-state index contributed by atoms with van der Waals surface area (Å²) in [4.78, 5) is 7.04. The van der Waals surface area contributed by atoms with Crippen molar-refractivity contribution >= 4 is 28.8 Å². The van der Waals surface area contributed by atoms with Gasteiger partial charge in [-0.15, -0.1) is 0 Å². The minimum atomic E-state index is 0.533. The molecule has 2 heterocycles. The fourth-order valence-electron chi connectivity index (χ4n) is 3.67. The van der Waals surface area contributed by atoms with E-state index in [1.54, 1.807) is 0 Å². The Morgan fingerprint density at radius 3 is 2.61 bits per heavy atom. The minimum Gasteiger partial charge on any atom is -0.360 e. The van der Waals surface area contributed by atoms with Gasteiger partial charge < -0.3 is 15.5 Å². The molecule has 1 aromatic rings. The number of anilines is 2. The second-order valence-corrected chi connectivity index (χ2v) is 7.28. The average molecular weight is 333 g/mol. The van der Waals surface area contributed by atoms with E-state index in [4.69, 9.17) is 12.2 Å². The van der Waals surface area contributed by atoms with Crippen LogP contribution in [0.15, 0.2) is 18.3 Å². The van der Waals surface area contributed by atoms with Crippen LogP contribution in [-0.2, 0) is 0 Å². The SMILES string of the molecule is C[C@@H]1CCCCN1c1ccc(NC(=S)NC2CCCCC2)cn1. The van der Waals surface area contributed by atoms with Gasteiger partial charge in [-0.3, -0.25) is 0 Å². The summed E-state index contributed by atoms with van der Waals surface area (Å²) < 4.78 is 0. The molecule has 1 aliphatic carbocycles. The second kappa shape index (κ2) is 7.95. The molecule has 0 spiro atoms. The molecule has 0 aromatic carbocycles. The van der Waals surface area contributed by atoms with Crippen LogP contribution < -0.4 is 15.5 Å². The van der Waals surface area contributed by atoms with Crippen molar-refractivity contribution in [2.45, 2.75) is 70.4 Å². The fourth-order valence-corrected chi connectivity index (χ4v) is 3.95. The number of nitrogens with one attached hydrogen (secondary N) is 2. The molecule has 126 valence electrons.